The molecule has 0 aromatic carbocycles. The smallest absolute Gasteiger partial charge is 0.362 e. The van der Waals surface area contributed by atoms with Crippen LogP contribution in [0.3, 0.4) is 0 Å². The van der Waals surface area contributed by atoms with Gasteiger partial charge < -0.3 is 4.74 Å². The topological polar surface area (TPSA) is 50.9 Å². The third-order valence-electron chi connectivity index (χ3n) is 3.06. The Balaban J connectivity index is 2.26. The van der Waals surface area contributed by atoms with Gasteiger partial charge in [-0.3, -0.25) is 0 Å². The Morgan fingerprint density at radius 3 is 2.04 bits per heavy atom. The van der Waals surface area contributed by atoms with Gasteiger partial charge in [0, 0.05) is 6.08 Å². The van der Waals surface area contributed by atoms with Crippen LogP contribution < -0.4 is 0 Å². The molecule has 25 heavy (non-hydrogen) atoms. The molecule has 136 valence electrons. The van der Waals surface area contributed by atoms with Crippen molar-refractivity contribution in [3.63, 3.8) is 0 Å². The van der Waals surface area contributed by atoms with Crippen LogP contribution in [0, 0.1) is 0 Å². The first-order chi connectivity index (χ1) is 11.6. The highest BCUT2D eigenvalue weighted by atomic mass is 35.6. The second kappa shape index (κ2) is 8.59. The van der Waals surface area contributed by atoms with Gasteiger partial charge in [-0.05, 0) is 13.0 Å². The number of hydrogen-bond acceptors (Lipinski definition) is 4. The van der Waals surface area contributed by atoms with E-state index in [1.165, 1.54) is 0 Å². The second-order valence-electron chi connectivity index (χ2n) is 4.82. The van der Waals surface area contributed by atoms with Gasteiger partial charge in [-0.15, -0.1) is 0 Å². The van der Waals surface area contributed by atoms with Gasteiger partial charge in [0.15, 0.2) is 30.6 Å². The third kappa shape index (κ3) is 6.12. The number of hydrogen-bond donors (Lipinski definition) is 0. The van der Waals surface area contributed by atoms with Gasteiger partial charge in [0.25, 0.3) is 0 Å². The van der Waals surface area contributed by atoms with E-state index in [0.717, 1.165) is 19.0 Å². The average molecular weight is 466 g/mol. The molecule has 0 fully saturated rings. The molecule has 5 nitrogen and oxygen atoms in total. The van der Waals surface area contributed by atoms with Gasteiger partial charge in [0.2, 0.25) is 7.59 Å². The van der Waals surface area contributed by atoms with Crippen LogP contribution in [-0.4, -0.2) is 45.1 Å². The fourth-order valence-corrected chi connectivity index (χ4v) is 2.44. The number of likely N-dealkylation sites (N-methyl/N-ethyl adjacent to an activating group) is 1. The molecule has 2 rings (SSSR count). The van der Waals surface area contributed by atoms with Gasteiger partial charge in [-0.25, -0.2) is 15.0 Å². The molecule has 0 spiro atoms. The zero-order valence-corrected chi connectivity index (χ0v) is 17.4. The van der Waals surface area contributed by atoms with Crippen molar-refractivity contribution in [2.45, 2.75) is 14.5 Å². The van der Waals surface area contributed by atoms with Crippen LogP contribution in [0.1, 0.15) is 24.4 Å². The largest absolute Gasteiger partial charge is 0.438 e. The van der Waals surface area contributed by atoms with Gasteiger partial charge in [0.05, 0.1) is 0 Å². The van der Waals surface area contributed by atoms with E-state index in [9.17, 15) is 0 Å². The lowest BCUT2D eigenvalue weighted by atomic mass is 10.4. The quantitative estimate of drug-likeness (QED) is 0.371. The molecule has 0 amide bonds. The normalized spacial score (nSPS) is 16.3. The molecule has 1 aromatic heterocycles. The van der Waals surface area contributed by atoms with Crippen LogP contribution in [0.15, 0.2) is 18.2 Å². The summed E-state index contributed by atoms with van der Waals surface area (Å²) in [6.07, 6.45) is 6.88. The number of nitrogens with zero attached hydrogens (tertiary/aromatic N) is 4. The van der Waals surface area contributed by atoms with Crippen molar-refractivity contribution >= 4 is 81.6 Å². The van der Waals surface area contributed by atoms with Crippen LogP contribution in [-0.2, 0) is 12.3 Å². The summed E-state index contributed by atoms with van der Waals surface area (Å²) >= 11 is 34.9. The van der Waals surface area contributed by atoms with Crippen molar-refractivity contribution in [3.05, 3.63) is 35.7 Å². The Morgan fingerprint density at radius 1 is 0.960 bits per heavy atom. The monoisotopic (exact) mass is 463 g/mol. The summed E-state index contributed by atoms with van der Waals surface area (Å²) in [4.78, 5) is 12.0. The minimum Gasteiger partial charge on any atom is -0.438 e. The zero-order valence-electron chi connectivity index (χ0n) is 12.9. The van der Waals surface area contributed by atoms with Crippen molar-refractivity contribution in [2.75, 3.05) is 19.7 Å². The molecular weight excluding hydrogens is 453 g/mol. The van der Waals surface area contributed by atoms with Crippen LogP contribution in [0.2, 0.25) is 0 Å². The SMILES string of the molecule is CC[N+]1=C(C=CC=Cc2nc(C(Cl)(Cl)Cl)nc(C(Cl)(Cl)Cl)n2)OCC1. The Kier molecular flexibility index (Phi) is 7.22. The number of rotatable bonds is 4. The predicted octanol–water partition coefficient (Wildman–Crippen LogP) is 4.56. The van der Waals surface area contributed by atoms with Crippen LogP contribution in [0.5, 0.6) is 0 Å². The van der Waals surface area contributed by atoms with E-state index in [1.54, 1.807) is 18.2 Å². The standard InChI is InChI=1S/C14H13Cl6N4O/c1-2-24-7-8-25-10(24)6-4-3-5-9-21-11(13(15,16)17)23-12(22-9)14(18,19)20/h3-6H,2,7-8H2,1H3/q+1. The van der Waals surface area contributed by atoms with E-state index >= 15 is 0 Å². The molecule has 0 saturated carbocycles. The molecule has 0 aliphatic carbocycles. The number of ether oxygens (including phenoxy) is 1. The maximum atomic E-state index is 5.82. The molecule has 0 unspecified atom stereocenters. The minimum atomic E-state index is -1.87. The van der Waals surface area contributed by atoms with Crippen molar-refractivity contribution in [1.82, 2.24) is 15.0 Å². The van der Waals surface area contributed by atoms with E-state index in [2.05, 4.69) is 26.5 Å². The van der Waals surface area contributed by atoms with Gasteiger partial charge >= 0.3 is 5.90 Å². The first kappa shape index (κ1) is 21.0. The van der Waals surface area contributed by atoms with Crippen LogP contribution in [0.4, 0.5) is 0 Å². The molecule has 0 radical (unpaired) electrons. The van der Waals surface area contributed by atoms with E-state index in [1.807, 2.05) is 6.08 Å². The lowest BCUT2D eigenvalue weighted by molar-refractivity contribution is -0.513. The minimum absolute atomic E-state index is 0.136. The molecule has 0 atom stereocenters. The lowest BCUT2D eigenvalue weighted by Crippen LogP contribution is -2.16. The summed E-state index contributed by atoms with van der Waals surface area (Å²) in [7, 11) is 0. The molecule has 1 aliphatic heterocycles. The Bertz CT molecular complexity index is 689. The number of halogens is 6. The maximum Gasteiger partial charge on any atom is 0.362 e. The van der Waals surface area contributed by atoms with E-state index in [4.69, 9.17) is 74.3 Å². The molecule has 1 aliphatic rings. The van der Waals surface area contributed by atoms with E-state index in [-0.39, 0.29) is 17.5 Å². The molecule has 1 aromatic rings. The van der Waals surface area contributed by atoms with Gasteiger partial charge in [-0.2, -0.15) is 4.58 Å². The summed E-state index contributed by atoms with van der Waals surface area (Å²) in [5, 5.41) is 0. The number of alkyl halides is 6. The molecule has 0 saturated heterocycles. The van der Waals surface area contributed by atoms with Gasteiger partial charge in [-0.1, -0.05) is 81.8 Å². The molecule has 0 N–H and O–H groups in total. The molecule has 0 bridgehead atoms. The third-order valence-corrected chi connectivity index (χ3v) is 4.07. The average Bonchev–Trinajstić information content (AvgIpc) is 2.97. The van der Waals surface area contributed by atoms with Crippen molar-refractivity contribution in [2.24, 2.45) is 0 Å². The van der Waals surface area contributed by atoms with Crippen LogP contribution >= 0.6 is 69.6 Å². The number of allylic oxidation sites excluding steroid dienone is 2. The highest BCUT2D eigenvalue weighted by Gasteiger charge is 2.33. The molecule has 2 heterocycles. The highest BCUT2D eigenvalue weighted by molar-refractivity contribution is 6.67. The second-order valence-corrected chi connectivity index (χ2v) is 9.38. The lowest BCUT2D eigenvalue weighted by Gasteiger charge is -2.14. The zero-order chi connectivity index (χ0) is 18.7. The Hall–Kier alpha value is -0.300. The summed E-state index contributed by atoms with van der Waals surface area (Å²) in [6, 6.07) is 0. The fourth-order valence-electron chi connectivity index (χ4n) is 1.93. The Labute approximate surface area is 175 Å². The van der Waals surface area contributed by atoms with E-state index in [0.29, 0.717) is 6.61 Å². The fraction of sp³-hybridized carbons (Fsp3) is 0.429. The van der Waals surface area contributed by atoms with Gasteiger partial charge in [0.1, 0.15) is 6.54 Å². The highest BCUT2D eigenvalue weighted by Crippen LogP contribution is 2.39. The number of aromatic nitrogens is 3. The van der Waals surface area contributed by atoms with Crippen molar-refractivity contribution < 1.29 is 9.31 Å². The van der Waals surface area contributed by atoms with Crippen molar-refractivity contribution in [3.8, 4) is 0 Å². The maximum absolute atomic E-state index is 5.82. The summed E-state index contributed by atoms with van der Waals surface area (Å²) in [6.45, 7) is 4.46. The first-order valence-electron chi connectivity index (χ1n) is 7.11. The van der Waals surface area contributed by atoms with Crippen molar-refractivity contribution in [1.29, 1.82) is 0 Å². The molecular formula is C14H13Cl6N4O+. The van der Waals surface area contributed by atoms with Crippen LogP contribution in [0.25, 0.3) is 6.08 Å². The van der Waals surface area contributed by atoms with E-state index < -0.39 is 7.59 Å². The molecule has 11 heteroatoms. The summed E-state index contributed by atoms with van der Waals surface area (Å²) in [5.74, 6) is 0.713. The predicted molar refractivity (Wildman–Crippen MR) is 103 cm³/mol. The Morgan fingerprint density at radius 2 is 1.52 bits per heavy atom. The summed E-state index contributed by atoms with van der Waals surface area (Å²) in [5.41, 5.74) is 0. The summed E-state index contributed by atoms with van der Waals surface area (Å²) < 4.78 is 3.87. The first-order valence-corrected chi connectivity index (χ1v) is 9.38.